The highest BCUT2D eigenvalue weighted by Gasteiger charge is 2.08. The molecule has 0 aliphatic carbocycles. The van der Waals surface area contributed by atoms with E-state index in [0.717, 1.165) is 21.8 Å². The number of thiazole rings is 1. The van der Waals surface area contributed by atoms with Crippen LogP contribution in [0.1, 0.15) is 16.1 Å². The summed E-state index contributed by atoms with van der Waals surface area (Å²) in [7, 11) is 0. The molecule has 116 valence electrons. The molecule has 2 nitrogen and oxygen atoms in total. The third-order valence-corrected chi connectivity index (χ3v) is 4.43. The van der Waals surface area contributed by atoms with Gasteiger partial charge in [0, 0.05) is 10.9 Å². The Morgan fingerprint density at radius 3 is 2.54 bits per heavy atom. The summed E-state index contributed by atoms with van der Waals surface area (Å²) in [5.74, 6) is 0. The van der Waals surface area contributed by atoms with Gasteiger partial charge in [-0.3, -0.25) is 0 Å². The van der Waals surface area contributed by atoms with E-state index in [0.29, 0.717) is 5.57 Å². The molecule has 2 aromatic carbocycles. The molecule has 0 aliphatic rings. The second-order valence-electron chi connectivity index (χ2n) is 5.37. The van der Waals surface area contributed by atoms with E-state index in [9.17, 15) is 5.26 Å². The van der Waals surface area contributed by atoms with E-state index in [-0.39, 0.29) is 0 Å². The van der Waals surface area contributed by atoms with Crippen LogP contribution in [0.25, 0.3) is 22.9 Å². The minimum absolute atomic E-state index is 0.575. The lowest BCUT2D eigenvalue weighted by Gasteiger charge is -1.97. The molecule has 0 radical (unpaired) electrons. The van der Waals surface area contributed by atoms with Crippen LogP contribution in [-0.2, 0) is 0 Å². The van der Waals surface area contributed by atoms with E-state index in [1.165, 1.54) is 16.9 Å². The lowest BCUT2D eigenvalue weighted by atomic mass is 10.1. The molecule has 0 atom stereocenters. The first-order valence-electron chi connectivity index (χ1n) is 7.63. The molecule has 0 N–H and O–H groups in total. The maximum Gasteiger partial charge on any atom is 0.134 e. The number of nitriles is 1. The second kappa shape index (κ2) is 7.54. The minimum atomic E-state index is 0.575. The molecule has 0 fully saturated rings. The summed E-state index contributed by atoms with van der Waals surface area (Å²) >= 11 is 1.49. The molecule has 0 bridgehead atoms. The Labute approximate surface area is 146 Å². The van der Waals surface area contributed by atoms with Gasteiger partial charge in [-0.15, -0.1) is 11.3 Å². The van der Waals surface area contributed by atoms with E-state index in [1.807, 2.05) is 53.9 Å². The van der Waals surface area contributed by atoms with Crippen molar-refractivity contribution in [1.29, 1.82) is 5.26 Å². The molecule has 0 spiro atoms. The fourth-order valence-corrected chi connectivity index (χ4v) is 3.03. The average molecular weight is 328 g/mol. The third-order valence-electron chi connectivity index (χ3n) is 3.55. The summed E-state index contributed by atoms with van der Waals surface area (Å²) in [5.41, 5.74) is 4.87. The van der Waals surface area contributed by atoms with Gasteiger partial charge in [-0.05, 0) is 18.6 Å². The average Bonchev–Trinajstić information content (AvgIpc) is 3.10. The third kappa shape index (κ3) is 3.87. The first kappa shape index (κ1) is 15.9. The van der Waals surface area contributed by atoms with E-state index in [1.54, 1.807) is 0 Å². The van der Waals surface area contributed by atoms with Crippen molar-refractivity contribution in [2.75, 3.05) is 0 Å². The summed E-state index contributed by atoms with van der Waals surface area (Å²) in [4.78, 5) is 4.60. The maximum atomic E-state index is 9.41. The number of aromatic nitrogens is 1. The number of aryl methyl sites for hydroxylation is 1. The van der Waals surface area contributed by atoms with Crippen molar-refractivity contribution in [3.8, 4) is 17.3 Å². The Kier molecular flexibility index (Phi) is 5.00. The zero-order chi connectivity index (χ0) is 16.8. The quantitative estimate of drug-likeness (QED) is 0.452. The zero-order valence-electron chi connectivity index (χ0n) is 13.3. The predicted octanol–water partition coefficient (Wildman–Crippen LogP) is 5.74. The molecule has 0 amide bonds. The smallest absolute Gasteiger partial charge is 0.134 e. The fourth-order valence-electron chi connectivity index (χ4n) is 2.23. The van der Waals surface area contributed by atoms with Crippen LogP contribution in [-0.4, -0.2) is 4.98 Å². The molecule has 0 aliphatic heterocycles. The topological polar surface area (TPSA) is 36.7 Å². The van der Waals surface area contributed by atoms with Crippen LogP contribution in [0.4, 0.5) is 0 Å². The van der Waals surface area contributed by atoms with E-state index in [2.05, 4.69) is 42.2 Å². The van der Waals surface area contributed by atoms with Gasteiger partial charge in [-0.25, -0.2) is 4.98 Å². The molecule has 1 heterocycles. The Morgan fingerprint density at radius 2 is 1.83 bits per heavy atom. The van der Waals surface area contributed by atoms with Crippen molar-refractivity contribution in [1.82, 2.24) is 4.98 Å². The first-order chi connectivity index (χ1) is 11.8. The summed E-state index contributed by atoms with van der Waals surface area (Å²) in [6, 6.07) is 20.5. The Hall–Kier alpha value is -2.96. The van der Waals surface area contributed by atoms with Gasteiger partial charge in [0.05, 0.1) is 11.3 Å². The van der Waals surface area contributed by atoms with Crippen molar-refractivity contribution < 1.29 is 0 Å². The summed E-state index contributed by atoms with van der Waals surface area (Å²) in [6.07, 6.45) is 5.68. The fraction of sp³-hybridized carbons (Fsp3) is 0.0476. The van der Waals surface area contributed by atoms with Crippen LogP contribution in [0.15, 0.2) is 72.1 Å². The molecule has 0 saturated heterocycles. The highest BCUT2D eigenvalue weighted by Crippen LogP contribution is 2.26. The molecule has 3 rings (SSSR count). The minimum Gasteiger partial charge on any atom is -0.235 e. The van der Waals surface area contributed by atoms with E-state index in [4.69, 9.17) is 0 Å². The number of hydrogen-bond donors (Lipinski definition) is 0. The molecule has 24 heavy (non-hydrogen) atoms. The van der Waals surface area contributed by atoms with Gasteiger partial charge in [0.2, 0.25) is 0 Å². The summed E-state index contributed by atoms with van der Waals surface area (Å²) in [6.45, 7) is 2.06. The van der Waals surface area contributed by atoms with Crippen molar-refractivity contribution in [2.24, 2.45) is 0 Å². The highest BCUT2D eigenvalue weighted by atomic mass is 32.1. The van der Waals surface area contributed by atoms with Crippen molar-refractivity contribution in [3.63, 3.8) is 0 Å². The Bertz CT molecular complexity index is 910. The van der Waals surface area contributed by atoms with Gasteiger partial charge in [0.25, 0.3) is 0 Å². The monoisotopic (exact) mass is 328 g/mol. The van der Waals surface area contributed by atoms with Crippen LogP contribution < -0.4 is 0 Å². The van der Waals surface area contributed by atoms with Gasteiger partial charge < -0.3 is 0 Å². The van der Waals surface area contributed by atoms with Crippen molar-refractivity contribution >= 4 is 23.0 Å². The second-order valence-corrected chi connectivity index (χ2v) is 6.22. The molecular weight excluding hydrogens is 312 g/mol. The molecule has 3 aromatic rings. The Balaban J connectivity index is 1.82. The normalized spacial score (nSPS) is 11.6. The number of hydrogen-bond acceptors (Lipinski definition) is 3. The van der Waals surface area contributed by atoms with Gasteiger partial charge in [-0.1, -0.05) is 72.3 Å². The van der Waals surface area contributed by atoms with Gasteiger partial charge in [0.1, 0.15) is 11.1 Å². The molecule has 3 heteroatoms. The summed E-state index contributed by atoms with van der Waals surface area (Å²) < 4.78 is 0. The van der Waals surface area contributed by atoms with Crippen LogP contribution in [0, 0.1) is 18.3 Å². The number of rotatable bonds is 4. The standard InChI is InChI=1S/C21H16N2S/c1-16-10-12-18(13-11-16)20-15-24-21(23-20)19(14-22)9-5-8-17-6-3-2-4-7-17/h2-13,15H,1H3/b8-5+,19-9-. The SMILES string of the molecule is Cc1ccc(-c2csc(/C(C#N)=C\C=C\c3ccccc3)n2)cc1. The molecular formula is C21H16N2S. The van der Waals surface area contributed by atoms with E-state index >= 15 is 0 Å². The number of benzene rings is 2. The highest BCUT2D eigenvalue weighted by molar-refractivity contribution is 7.11. The molecule has 0 unspecified atom stereocenters. The van der Waals surface area contributed by atoms with Gasteiger partial charge >= 0.3 is 0 Å². The van der Waals surface area contributed by atoms with Crippen LogP contribution in [0.5, 0.6) is 0 Å². The largest absolute Gasteiger partial charge is 0.235 e. The van der Waals surface area contributed by atoms with E-state index < -0.39 is 0 Å². The van der Waals surface area contributed by atoms with Crippen molar-refractivity contribution in [3.05, 3.63) is 88.3 Å². The summed E-state index contributed by atoms with van der Waals surface area (Å²) in [5, 5.41) is 12.1. The lowest BCUT2D eigenvalue weighted by molar-refractivity contribution is 1.36. The lowest BCUT2D eigenvalue weighted by Crippen LogP contribution is -1.82. The van der Waals surface area contributed by atoms with Gasteiger partial charge in [0.15, 0.2) is 0 Å². The van der Waals surface area contributed by atoms with Gasteiger partial charge in [-0.2, -0.15) is 5.26 Å². The number of nitrogens with zero attached hydrogens (tertiary/aromatic N) is 2. The predicted molar refractivity (Wildman–Crippen MR) is 101 cm³/mol. The zero-order valence-corrected chi connectivity index (χ0v) is 14.1. The van der Waals surface area contributed by atoms with Crippen LogP contribution in [0.3, 0.4) is 0 Å². The maximum absolute atomic E-state index is 9.41. The Morgan fingerprint density at radius 1 is 1.08 bits per heavy atom. The first-order valence-corrected chi connectivity index (χ1v) is 8.51. The van der Waals surface area contributed by atoms with Crippen molar-refractivity contribution in [2.45, 2.75) is 6.92 Å². The van der Waals surface area contributed by atoms with Crippen LogP contribution in [0.2, 0.25) is 0 Å². The molecule has 1 aromatic heterocycles. The molecule has 0 saturated carbocycles. The number of allylic oxidation sites excluding steroid dienone is 3. The van der Waals surface area contributed by atoms with Crippen LogP contribution >= 0.6 is 11.3 Å².